The molecule has 0 aliphatic carbocycles. The Labute approximate surface area is 307 Å². The number of furan rings is 1. The van der Waals surface area contributed by atoms with Crippen LogP contribution in [-0.4, -0.2) is 4.57 Å². The van der Waals surface area contributed by atoms with Crippen molar-refractivity contribution in [1.82, 2.24) is 4.57 Å². The van der Waals surface area contributed by atoms with Crippen LogP contribution in [0.15, 0.2) is 180 Å². The third-order valence-electron chi connectivity index (χ3n) is 9.76. The molecule has 2 aromatic heterocycles. The van der Waals surface area contributed by atoms with Crippen LogP contribution in [0.4, 0.5) is 17.1 Å². The molecule has 0 spiro atoms. The van der Waals surface area contributed by atoms with Crippen LogP contribution in [0.2, 0.25) is 5.02 Å². The van der Waals surface area contributed by atoms with E-state index >= 15 is 0 Å². The van der Waals surface area contributed by atoms with Gasteiger partial charge < -0.3 is 13.9 Å². The largest absolute Gasteiger partial charge is 0.454 e. The summed E-state index contributed by atoms with van der Waals surface area (Å²) in [5, 5.41) is 7.48. The van der Waals surface area contributed by atoms with Crippen LogP contribution >= 0.6 is 11.6 Å². The zero-order valence-electron chi connectivity index (χ0n) is 28.9. The lowest BCUT2D eigenvalue weighted by molar-refractivity contribution is 0.671. The lowest BCUT2D eigenvalue weighted by Gasteiger charge is -2.26. The molecule has 0 atom stereocenters. The van der Waals surface area contributed by atoms with E-state index in [-0.39, 0.29) is 0 Å². The van der Waals surface area contributed by atoms with Gasteiger partial charge in [0, 0.05) is 54.7 Å². The summed E-state index contributed by atoms with van der Waals surface area (Å²) in [5.74, 6) is 0. The first-order chi connectivity index (χ1) is 25.7. The number of hydrogen-bond donors (Lipinski definition) is 0. The predicted octanol–water partition coefficient (Wildman–Crippen LogP) is 14.7. The van der Waals surface area contributed by atoms with Crippen LogP contribution in [0.5, 0.6) is 0 Å². The van der Waals surface area contributed by atoms with Crippen molar-refractivity contribution in [3.05, 3.63) is 181 Å². The second-order valence-corrected chi connectivity index (χ2v) is 13.1. The summed E-state index contributed by atoms with van der Waals surface area (Å²) in [7, 11) is 0. The molecule has 8 aromatic carbocycles. The summed E-state index contributed by atoms with van der Waals surface area (Å²) in [6, 6.07) is 61.7. The number of benzene rings is 8. The fraction of sp³-hybridized carbons (Fsp3) is 0.0417. The van der Waals surface area contributed by atoms with E-state index in [0.29, 0.717) is 5.02 Å². The average Bonchev–Trinajstić information content (AvgIpc) is 3.76. The molecule has 0 bridgehead atoms. The van der Waals surface area contributed by atoms with Gasteiger partial charge in [-0.05, 0) is 83.2 Å². The SMILES string of the molecule is CC.Clc1cc(-c2cc3c4ccc5ccccc5c4n(-c4ccccc4)c3c3oc4ccccc4c23)cc(N(c2ccccc2)c2ccccc2)c1. The maximum absolute atomic E-state index is 7.07. The van der Waals surface area contributed by atoms with Crippen LogP contribution in [0.25, 0.3) is 71.3 Å². The highest BCUT2D eigenvalue weighted by Gasteiger charge is 2.24. The van der Waals surface area contributed by atoms with Crippen LogP contribution < -0.4 is 4.90 Å². The van der Waals surface area contributed by atoms with E-state index < -0.39 is 0 Å². The van der Waals surface area contributed by atoms with Crippen molar-refractivity contribution in [1.29, 1.82) is 0 Å². The molecular weight excluding hydrogens is 656 g/mol. The molecule has 4 heteroatoms. The molecular formula is C48H35ClN2O. The van der Waals surface area contributed by atoms with Crippen LogP contribution in [-0.2, 0) is 0 Å². The summed E-state index contributed by atoms with van der Waals surface area (Å²) < 4.78 is 9.30. The van der Waals surface area contributed by atoms with E-state index in [0.717, 1.165) is 72.2 Å². The van der Waals surface area contributed by atoms with Gasteiger partial charge in [0.2, 0.25) is 0 Å². The van der Waals surface area contributed by atoms with Crippen molar-refractivity contribution >= 4 is 83.2 Å². The summed E-state index contributed by atoms with van der Waals surface area (Å²) in [6.45, 7) is 4.00. The summed E-state index contributed by atoms with van der Waals surface area (Å²) in [5.41, 5.74) is 10.2. The molecule has 52 heavy (non-hydrogen) atoms. The fourth-order valence-corrected chi connectivity index (χ4v) is 7.89. The van der Waals surface area contributed by atoms with Crippen LogP contribution in [0.3, 0.4) is 0 Å². The normalized spacial score (nSPS) is 11.4. The number of para-hydroxylation sites is 4. The van der Waals surface area contributed by atoms with Gasteiger partial charge in [-0.25, -0.2) is 0 Å². The highest BCUT2D eigenvalue weighted by molar-refractivity contribution is 6.32. The van der Waals surface area contributed by atoms with E-state index in [1.165, 1.54) is 16.2 Å². The number of nitrogens with zero attached hydrogens (tertiary/aromatic N) is 2. The monoisotopic (exact) mass is 690 g/mol. The molecule has 0 aliphatic heterocycles. The lowest BCUT2D eigenvalue weighted by Crippen LogP contribution is -2.09. The predicted molar refractivity (Wildman–Crippen MR) is 222 cm³/mol. The molecule has 0 saturated carbocycles. The van der Waals surface area contributed by atoms with Crippen molar-refractivity contribution in [3.63, 3.8) is 0 Å². The number of fused-ring (bicyclic) bond motifs is 9. The minimum absolute atomic E-state index is 0.660. The standard InChI is InChI=1S/C46H29ClN2O.C2H6/c47-32-26-31(27-36(28-32)48(33-15-4-1-5-16-33)34-17-6-2-7-18-34)40-29-41-38-25-24-30-14-10-11-21-37(30)44(38)49(35-19-8-3-9-20-35)45(41)46-43(40)39-22-12-13-23-42(39)50-46;1-2/h1-29H;1-2H3. The number of anilines is 3. The number of rotatable bonds is 5. The van der Waals surface area contributed by atoms with Crippen LogP contribution in [0, 0.1) is 0 Å². The Balaban J connectivity index is 0.00000177. The van der Waals surface area contributed by atoms with Gasteiger partial charge in [-0.3, -0.25) is 0 Å². The topological polar surface area (TPSA) is 21.3 Å². The van der Waals surface area contributed by atoms with E-state index in [2.05, 4.69) is 161 Å². The van der Waals surface area contributed by atoms with Gasteiger partial charge in [0.15, 0.2) is 5.58 Å². The van der Waals surface area contributed by atoms with Gasteiger partial charge >= 0.3 is 0 Å². The highest BCUT2D eigenvalue weighted by atomic mass is 35.5. The van der Waals surface area contributed by atoms with Crippen molar-refractivity contribution in [2.45, 2.75) is 13.8 Å². The maximum atomic E-state index is 7.07. The fourth-order valence-electron chi connectivity index (χ4n) is 7.66. The van der Waals surface area contributed by atoms with E-state index in [1.807, 2.05) is 38.1 Å². The van der Waals surface area contributed by atoms with E-state index in [4.69, 9.17) is 16.0 Å². The molecule has 0 unspecified atom stereocenters. The van der Waals surface area contributed by atoms with Crippen molar-refractivity contribution in [3.8, 4) is 16.8 Å². The quantitative estimate of drug-likeness (QED) is 0.179. The Morgan fingerprint density at radius 1 is 0.500 bits per heavy atom. The van der Waals surface area contributed by atoms with Gasteiger partial charge in [0.25, 0.3) is 0 Å². The Morgan fingerprint density at radius 3 is 1.83 bits per heavy atom. The molecule has 2 heterocycles. The summed E-state index contributed by atoms with van der Waals surface area (Å²) >= 11 is 7.07. The van der Waals surface area contributed by atoms with Crippen molar-refractivity contribution < 1.29 is 4.42 Å². The molecule has 10 rings (SSSR count). The summed E-state index contributed by atoms with van der Waals surface area (Å²) in [6.07, 6.45) is 0. The highest BCUT2D eigenvalue weighted by Crippen LogP contribution is 2.48. The molecule has 0 aliphatic rings. The minimum atomic E-state index is 0.660. The molecule has 3 nitrogen and oxygen atoms in total. The number of halogens is 1. The zero-order valence-corrected chi connectivity index (χ0v) is 29.7. The Bertz CT molecular complexity index is 2830. The first-order valence-corrected chi connectivity index (χ1v) is 18.2. The first-order valence-electron chi connectivity index (χ1n) is 17.8. The Kier molecular flexibility index (Phi) is 7.99. The minimum Gasteiger partial charge on any atom is -0.454 e. The molecule has 0 fully saturated rings. The third kappa shape index (κ3) is 5.13. The van der Waals surface area contributed by atoms with E-state index in [9.17, 15) is 0 Å². The zero-order chi connectivity index (χ0) is 35.2. The number of aromatic nitrogens is 1. The van der Waals surface area contributed by atoms with E-state index in [1.54, 1.807) is 0 Å². The molecule has 0 N–H and O–H groups in total. The smallest absolute Gasteiger partial charge is 0.160 e. The molecule has 0 radical (unpaired) electrons. The Morgan fingerprint density at radius 2 is 1.12 bits per heavy atom. The molecule has 10 aromatic rings. The molecule has 0 saturated heterocycles. The van der Waals surface area contributed by atoms with Gasteiger partial charge in [0.05, 0.1) is 11.0 Å². The van der Waals surface area contributed by atoms with Gasteiger partial charge in [0.1, 0.15) is 5.58 Å². The molecule has 0 amide bonds. The second-order valence-electron chi connectivity index (χ2n) is 12.7. The van der Waals surface area contributed by atoms with Gasteiger partial charge in [-0.2, -0.15) is 0 Å². The number of hydrogen-bond acceptors (Lipinski definition) is 2. The summed E-state index contributed by atoms with van der Waals surface area (Å²) in [4.78, 5) is 2.26. The average molecular weight is 691 g/mol. The van der Waals surface area contributed by atoms with Gasteiger partial charge in [-0.15, -0.1) is 0 Å². The lowest BCUT2D eigenvalue weighted by atomic mass is 9.95. The second kappa shape index (κ2) is 13.1. The van der Waals surface area contributed by atoms with Gasteiger partial charge in [-0.1, -0.05) is 135 Å². The van der Waals surface area contributed by atoms with Crippen LogP contribution in [0.1, 0.15) is 13.8 Å². The van der Waals surface area contributed by atoms with Crippen molar-refractivity contribution in [2.24, 2.45) is 0 Å². The Hall–Kier alpha value is -6.29. The third-order valence-corrected chi connectivity index (χ3v) is 9.97. The first kappa shape index (κ1) is 31.7. The molecule has 250 valence electrons. The maximum Gasteiger partial charge on any atom is 0.160 e. The van der Waals surface area contributed by atoms with Crippen molar-refractivity contribution in [2.75, 3.05) is 4.90 Å².